The number of ether oxygens (including phenoxy) is 4. The van der Waals surface area contributed by atoms with Gasteiger partial charge in [0.2, 0.25) is 5.91 Å². The molecule has 0 unspecified atom stereocenters. The monoisotopic (exact) mass is 353 g/mol. The molecule has 1 aromatic rings. The molecule has 0 aromatic heterocycles. The van der Waals surface area contributed by atoms with Gasteiger partial charge in [0.1, 0.15) is 5.75 Å². The summed E-state index contributed by atoms with van der Waals surface area (Å²) < 4.78 is 20.7. The zero-order valence-corrected chi connectivity index (χ0v) is 14.5. The molecular formula is C17H23NO7. The third kappa shape index (κ3) is 4.61. The van der Waals surface area contributed by atoms with Crippen LogP contribution in [-0.2, 0) is 9.53 Å². The van der Waals surface area contributed by atoms with E-state index < -0.39 is 12.1 Å². The molecule has 0 radical (unpaired) electrons. The molecule has 1 heterocycles. The van der Waals surface area contributed by atoms with Crippen LogP contribution in [0.2, 0.25) is 0 Å². The number of aliphatic hydroxyl groups excluding tert-OH is 1. The molecule has 1 fully saturated rings. The Morgan fingerprint density at radius 2 is 1.72 bits per heavy atom. The van der Waals surface area contributed by atoms with Crippen molar-refractivity contribution in [2.75, 3.05) is 34.5 Å². The number of ketones is 1. The van der Waals surface area contributed by atoms with Gasteiger partial charge in [-0.3, -0.25) is 9.59 Å². The first kappa shape index (κ1) is 19.0. The second-order valence-corrected chi connectivity index (χ2v) is 5.61. The number of benzene rings is 1. The summed E-state index contributed by atoms with van der Waals surface area (Å²) in [5.74, 6) is 0.632. The largest absolute Gasteiger partial charge is 0.496 e. The molecule has 1 aromatic carbocycles. The van der Waals surface area contributed by atoms with Crippen LogP contribution >= 0.6 is 0 Å². The first-order valence-corrected chi connectivity index (χ1v) is 7.88. The highest BCUT2D eigenvalue weighted by Gasteiger charge is 2.27. The van der Waals surface area contributed by atoms with Crippen molar-refractivity contribution >= 4 is 11.7 Å². The van der Waals surface area contributed by atoms with E-state index in [-0.39, 0.29) is 37.7 Å². The molecule has 2 rings (SSSR count). The molecule has 1 amide bonds. The smallest absolute Gasteiger partial charge is 0.220 e. The number of hydrogen-bond donors (Lipinski definition) is 2. The number of Topliss-reactive ketones (excluding diaryl/α,β-unsaturated/α-hetero) is 1. The molecule has 25 heavy (non-hydrogen) atoms. The third-order valence-corrected chi connectivity index (χ3v) is 3.98. The van der Waals surface area contributed by atoms with Gasteiger partial charge in [-0.2, -0.15) is 0 Å². The standard InChI is InChI=1S/C17H23NO7/c1-22-14-7-16(24-3)15(23-2)6-10(14)12(19)4-5-17(21)18-11-8-25-9-13(11)20/h6-7,11,13,20H,4-5,8-9H2,1-3H3,(H,18,21)/t11-,13-/m0/s1. The van der Waals surface area contributed by atoms with Crippen LogP contribution in [0, 0.1) is 0 Å². The molecule has 1 aliphatic heterocycles. The van der Waals surface area contributed by atoms with E-state index in [0.717, 1.165) is 0 Å². The fourth-order valence-electron chi connectivity index (χ4n) is 2.57. The summed E-state index contributed by atoms with van der Waals surface area (Å²) in [5, 5.41) is 12.3. The SMILES string of the molecule is COc1cc(OC)c(C(=O)CCC(=O)N[C@H]2COC[C@@H]2O)cc1OC. The number of methoxy groups -OCH3 is 3. The maximum Gasteiger partial charge on any atom is 0.220 e. The molecule has 2 atom stereocenters. The number of aliphatic hydroxyl groups is 1. The molecule has 0 aliphatic carbocycles. The van der Waals surface area contributed by atoms with Crippen molar-refractivity contribution in [3.05, 3.63) is 17.7 Å². The fourth-order valence-corrected chi connectivity index (χ4v) is 2.57. The van der Waals surface area contributed by atoms with Crippen molar-refractivity contribution < 1.29 is 33.6 Å². The van der Waals surface area contributed by atoms with Gasteiger partial charge in [0.15, 0.2) is 17.3 Å². The van der Waals surface area contributed by atoms with Crippen LogP contribution in [0.15, 0.2) is 12.1 Å². The van der Waals surface area contributed by atoms with Crippen LogP contribution < -0.4 is 19.5 Å². The molecule has 1 aliphatic rings. The van der Waals surface area contributed by atoms with E-state index in [1.54, 1.807) is 6.07 Å². The average Bonchev–Trinajstić information content (AvgIpc) is 3.02. The Morgan fingerprint density at radius 1 is 1.08 bits per heavy atom. The van der Waals surface area contributed by atoms with Gasteiger partial charge in [0.05, 0.1) is 52.3 Å². The van der Waals surface area contributed by atoms with Crippen molar-refractivity contribution in [2.24, 2.45) is 0 Å². The molecule has 8 heteroatoms. The maximum absolute atomic E-state index is 12.5. The van der Waals surface area contributed by atoms with Gasteiger partial charge < -0.3 is 29.4 Å². The number of amides is 1. The van der Waals surface area contributed by atoms with E-state index in [9.17, 15) is 14.7 Å². The van der Waals surface area contributed by atoms with E-state index in [1.807, 2.05) is 0 Å². The van der Waals surface area contributed by atoms with Gasteiger partial charge in [-0.1, -0.05) is 0 Å². The number of carbonyl (C=O) groups is 2. The fraction of sp³-hybridized carbons (Fsp3) is 0.529. The lowest BCUT2D eigenvalue weighted by Gasteiger charge is -2.15. The van der Waals surface area contributed by atoms with E-state index in [0.29, 0.717) is 22.8 Å². The van der Waals surface area contributed by atoms with Crippen LogP contribution in [0.1, 0.15) is 23.2 Å². The van der Waals surface area contributed by atoms with Crippen LogP contribution in [-0.4, -0.2) is 63.5 Å². The highest BCUT2D eigenvalue weighted by atomic mass is 16.5. The summed E-state index contributed by atoms with van der Waals surface area (Å²) in [7, 11) is 4.41. The van der Waals surface area contributed by atoms with Crippen molar-refractivity contribution in [3.63, 3.8) is 0 Å². The molecule has 0 saturated carbocycles. The zero-order valence-electron chi connectivity index (χ0n) is 14.5. The number of nitrogens with one attached hydrogen (secondary N) is 1. The lowest BCUT2D eigenvalue weighted by atomic mass is 10.0. The lowest BCUT2D eigenvalue weighted by Crippen LogP contribution is -2.42. The van der Waals surface area contributed by atoms with Gasteiger partial charge in [-0.25, -0.2) is 0 Å². The molecule has 0 bridgehead atoms. The zero-order chi connectivity index (χ0) is 18.4. The minimum absolute atomic E-state index is 0.000444. The summed E-state index contributed by atoms with van der Waals surface area (Å²) in [6.07, 6.45) is -0.716. The van der Waals surface area contributed by atoms with Crippen LogP contribution in [0.5, 0.6) is 17.2 Å². The third-order valence-electron chi connectivity index (χ3n) is 3.98. The van der Waals surface area contributed by atoms with Gasteiger partial charge in [0.25, 0.3) is 0 Å². The van der Waals surface area contributed by atoms with Gasteiger partial charge in [-0.05, 0) is 6.07 Å². The highest BCUT2D eigenvalue weighted by molar-refractivity contribution is 6.01. The Labute approximate surface area is 146 Å². The first-order chi connectivity index (χ1) is 12.0. The predicted molar refractivity (Wildman–Crippen MR) is 88.4 cm³/mol. The summed E-state index contributed by atoms with van der Waals surface area (Å²) in [6, 6.07) is 2.67. The van der Waals surface area contributed by atoms with Crippen LogP contribution in [0.25, 0.3) is 0 Å². The first-order valence-electron chi connectivity index (χ1n) is 7.88. The van der Waals surface area contributed by atoms with E-state index in [4.69, 9.17) is 18.9 Å². The Hall–Kier alpha value is -2.32. The van der Waals surface area contributed by atoms with Crippen LogP contribution in [0.3, 0.4) is 0 Å². The highest BCUT2D eigenvalue weighted by Crippen LogP contribution is 2.35. The molecule has 8 nitrogen and oxygen atoms in total. The second kappa shape index (κ2) is 8.68. The minimum Gasteiger partial charge on any atom is -0.496 e. The summed E-state index contributed by atoms with van der Waals surface area (Å²) in [5.41, 5.74) is 0.317. The lowest BCUT2D eigenvalue weighted by molar-refractivity contribution is -0.122. The number of carbonyl (C=O) groups excluding carboxylic acids is 2. The Bertz CT molecular complexity index is 632. The van der Waals surface area contributed by atoms with E-state index in [1.165, 1.54) is 27.4 Å². The summed E-state index contributed by atoms with van der Waals surface area (Å²) in [4.78, 5) is 24.4. The van der Waals surface area contributed by atoms with Gasteiger partial charge in [-0.15, -0.1) is 0 Å². The number of hydrogen-bond acceptors (Lipinski definition) is 7. The van der Waals surface area contributed by atoms with Crippen molar-refractivity contribution in [2.45, 2.75) is 25.0 Å². The maximum atomic E-state index is 12.5. The molecular weight excluding hydrogens is 330 g/mol. The molecule has 0 spiro atoms. The van der Waals surface area contributed by atoms with E-state index >= 15 is 0 Å². The van der Waals surface area contributed by atoms with Crippen LogP contribution in [0.4, 0.5) is 0 Å². The van der Waals surface area contributed by atoms with Crippen molar-refractivity contribution in [1.82, 2.24) is 5.32 Å². The minimum atomic E-state index is -0.717. The van der Waals surface area contributed by atoms with E-state index in [2.05, 4.69) is 5.32 Å². The van der Waals surface area contributed by atoms with Crippen molar-refractivity contribution in [3.8, 4) is 17.2 Å². The normalized spacial score (nSPS) is 19.4. The Kier molecular flexibility index (Phi) is 6.60. The Balaban J connectivity index is 2.01. The summed E-state index contributed by atoms with van der Waals surface area (Å²) in [6.45, 7) is 0.469. The topological polar surface area (TPSA) is 103 Å². The number of rotatable bonds is 8. The predicted octanol–water partition coefficient (Wildman–Crippen LogP) is 0.551. The Morgan fingerprint density at radius 3 is 2.28 bits per heavy atom. The summed E-state index contributed by atoms with van der Waals surface area (Å²) >= 11 is 0. The molecule has 1 saturated heterocycles. The average molecular weight is 353 g/mol. The van der Waals surface area contributed by atoms with Gasteiger partial charge in [0, 0.05) is 18.9 Å². The molecule has 138 valence electrons. The van der Waals surface area contributed by atoms with Gasteiger partial charge >= 0.3 is 0 Å². The molecule has 2 N–H and O–H groups in total. The quantitative estimate of drug-likeness (QED) is 0.658. The van der Waals surface area contributed by atoms with Crippen molar-refractivity contribution in [1.29, 1.82) is 0 Å². The second-order valence-electron chi connectivity index (χ2n) is 5.61.